The van der Waals surface area contributed by atoms with Gasteiger partial charge in [-0.3, -0.25) is 9.59 Å². The third kappa shape index (κ3) is 5.48. The highest BCUT2D eigenvalue weighted by Gasteiger charge is 2.17. The number of esters is 1. The van der Waals surface area contributed by atoms with Gasteiger partial charge in [-0.25, -0.2) is 9.18 Å². The van der Waals surface area contributed by atoms with Gasteiger partial charge in [-0.15, -0.1) is 0 Å². The van der Waals surface area contributed by atoms with Gasteiger partial charge in [0.2, 0.25) is 5.91 Å². The molecule has 9 heteroatoms. The van der Waals surface area contributed by atoms with Gasteiger partial charge < -0.3 is 19.7 Å². The summed E-state index contributed by atoms with van der Waals surface area (Å²) in [6.07, 6.45) is 0.988. The van der Waals surface area contributed by atoms with Gasteiger partial charge in [0.1, 0.15) is 11.6 Å². The summed E-state index contributed by atoms with van der Waals surface area (Å²) in [4.78, 5) is 36.6. The standard InChI is InChI=1S/C21H20ClFN2O5/c1-25(10-15-16(22)3-2-4-17(15)23)20(27)11-30-21(28)12-29-14-6-7-18-13(9-14)5-8-19(26)24-18/h2-4,6-7,9H,5,8,10-12H2,1H3,(H,24,26). The van der Waals surface area contributed by atoms with Crippen molar-refractivity contribution in [2.75, 3.05) is 25.6 Å². The van der Waals surface area contributed by atoms with Gasteiger partial charge in [-0.05, 0) is 42.3 Å². The van der Waals surface area contributed by atoms with E-state index < -0.39 is 24.3 Å². The fourth-order valence-corrected chi connectivity index (χ4v) is 3.12. The second kappa shape index (κ2) is 9.58. The quantitative estimate of drug-likeness (QED) is 0.677. The van der Waals surface area contributed by atoms with Crippen LogP contribution in [0.5, 0.6) is 5.75 Å². The molecule has 0 unspecified atom stereocenters. The minimum atomic E-state index is -0.716. The van der Waals surface area contributed by atoms with Crippen LogP contribution < -0.4 is 10.1 Å². The third-order valence-corrected chi connectivity index (χ3v) is 4.92. The first-order valence-electron chi connectivity index (χ1n) is 9.21. The molecule has 0 saturated carbocycles. The Labute approximate surface area is 177 Å². The number of nitrogens with zero attached hydrogens (tertiary/aromatic N) is 1. The van der Waals surface area contributed by atoms with E-state index in [9.17, 15) is 18.8 Å². The predicted octanol–water partition coefficient (Wildman–Crippen LogP) is 2.94. The minimum absolute atomic E-state index is 0.0355. The second-order valence-corrected chi connectivity index (χ2v) is 7.17. The molecule has 2 amide bonds. The molecule has 30 heavy (non-hydrogen) atoms. The lowest BCUT2D eigenvalue weighted by molar-refractivity contribution is -0.153. The van der Waals surface area contributed by atoms with Crippen LogP contribution in [-0.2, 0) is 32.1 Å². The number of fused-ring (bicyclic) bond motifs is 1. The van der Waals surface area contributed by atoms with E-state index in [1.807, 2.05) is 0 Å². The summed E-state index contributed by atoms with van der Waals surface area (Å²) in [6.45, 7) is -0.924. The largest absolute Gasteiger partial charge is 0.482 e. The van der Waals surface area contributed by atoms with E-state index in [4.69, 9.17) is 21.1 Å². The molecule has 2 aromatic carbocycles. The van der Waals surface area contributed by atoms with Crippen molar-refractivity contribution in [2.24, 2.45) is 0 Å². The Morgan fingerprint density at radius 2 is 2.00 bits per heavy atom. The van der Waals surface area contributed by atoms with Crippen molar-refractivity contribution >= 4 is 35.1 Å². The van der Waals surface area contributed by atoms with Crippen molar-refractivity contribution in [3.63, 3.8) is 0 Å². The van der Waals surface area contributed by atoms with Crippen molar-refractivity contribution in [1.82, 2.24) is 4.90 Å². The molecule has 0 aliphatic carbocycles. The van der Waals surface area contributed by atoms with Crippen LogP contribution in [0, 0.1) is 5.82 Å². The van der Waals surface area contributed by atoms with Crippen LogP contribution in [0.1, 0.15) is 17.5 Å². The monoisotopic (exact) mass is 434 g/mol. The van der Waals surface area contributed by atoms with Crippen molar-refractivity contribution in [3.05, 3.63) is 58.4 Å². The lowest BCUT2D eigenvalue weighted by Crippen LogP contribution is -2.32. The maximum absolute atomic E-state index is 13.8. The summed E-state index contributed by atoms with van der Waals surface area (Å²) in [5.41, 5.74) is 1.84. The Morgan fingerprint density at radius 1 is 1.20 bits per heavy atom. The number of benzene rings is 2. The molecule has 3 rings (SSSR count). The summed E-state index contributed by atoms with van der Waals surface area (Å²) < 4.78 is 24.2. The lowest BCUT2D eigenvalue weighted by Gasteiger charge is -2.19. The first-order valence-corrected chi connectivity index (χ1v) is 9.59. The Hall–Kier alpha value is -3.13. The number of amides is 2. The Morgan fingerprint density at radius 3 is 2.77 bits per heavy atom. The van der Waals surface area contributed by atoms with Gasteiger partial charge >= 0.3 is 5.97 Å². The van der Waals surface area contributed by atoms with Crippen molar-refractivity contribution in [1.29, 1.82) is 0 Å². The van der Waals surface area contributed by atoms with Gasteiger partial charge in [0.15, 0.2) is 13.2 Å². The third-order valence-electron chi connectivity index (χ3n) is 4.57. The molecule has 0 bridgehead atoms. The first kappa shape index (κ1) is 21.6. The highest BCUT2D eigenvalue weighted by molar-refractivity contribution is 6.31. The minimum Gasteiger partial charge on any atom is -0.482 e. The zero-order chi connectivity index (χ0) is 21.7. The maximum Gasteiger partial charge on any atom is 0.344 e. The van der Waals surface area contributed by atoms with Crippen LogP contribution >= 0.6 is 11.6 Å². The average Bonchev–Trinajstić information content (AvgIpc) is 2.73. The van der Waals surface area contributed by atoms with E-state index >= 15 is 0 Å². The van der Waals surface area contributed by atoms with Crippen LogP contribution in [-0.4, -0.2) is 42.9 Å². The number of carbonyl (C=O) groups is 3. The molecular weight excluding hydrogens is 415 g/mol. The van der Waals surface area contributed by atoms with Gasteiger partial charge in [0.05, 0.1) is 0 Å². The summed E-state index contributed by atoms with van der Waals surface area (Å²) in [6, 6.07) is 9.35. The van der Waals surface area contributed by atoms with Gasteiger partial charge in [0.25, 0.3) is 5.91 Å². The van der Waals surface area contributed by atoms with Crippen molar-refractivity contribution in [3.8, 4) is 5.75 Å². The van der Waals surface area contributed by atoms with Crippen molar-refractivity contribution < 1.29 is 28.2 Å². The molecule has 1 aliphatic rings. The smallest absolute Gasteiger partial charge is 0.344 e. The molecule has 158 valence electrons. The number of hydrogen-bond donors (Lipinski definition) is 1. The Kier molecular flexibility index (Phi) is 6.89. The fourth-order valence-electron chi connectivity index (χ4n) is 2.89. The van der Waals surface area contributed by atoms with Crippen molar-refractivity contribution in [2.45, 2.75) is 19.4 Å². The topological polar surface area (TPSA) is 84.9 Å². The molecule has 7 nitrogen and oxygen atoms in total. The molecule has 0 radical (unpaired) electrons. The van der Waals surface area contributed by atoms with Crippen LogP contribution in [0.15, 0.2) is 36.4 Å². The van der Waals surface area contributed by atoms with Gasteiger partial charge in [-0.2, -0.15) is 0 Å². The molecular formula is C21H20ClFN2O5. The van der Waals surface area contributed by atoms with Gasteiger partial charge in [-0.1, -0.05) is 17.7 Å². The predicted molar refractivity (Wildman–Crippen MR) is 108 cm³/mol. The van der Waals surface area contributed by atoms with Crippen LogP contribution in [0.3, 0.4) is 0 Å². The van der Waals surface area contributed by atoms with Crippen LogP contribution in [0.25, 0.3) is 0 Å². The number of nitrogens with one attached hydrogen (secondary N) is 1. The maximum atomic E-state index is 13.8. The Balaban J connectivity index is 1.45. The molecule has 1 heterocycles. The number of aryl methyl sites for hydroxylation is 1. The van der Waals surface area contributed by atoms with E-state index in [0.717, 1.165) is 11.3 Å². The number of carbonyl (C=O) groups excluding carboxylic acids is 3. The number of likely N-dealkylation sites (N-methyl/N-ethyl adjacent to an activating group) is 1. The number of ether oxygens (including phenoxy) is 2. The number of halogens is 2. The highest BCUT2D eigenvalue weighted by Crippen LogP contribution is 2.26. The van der Waals surface area contributed by atoms with Gasteiger partial charge in [0, 0.05) is 36.3 Å². The number of rotatable bonds is 7. The molecule has 0 spiro atoms. The molecule has 0 fully saturated rings. The molecule has 1 N–H and O–H groups in total. The summed E-state index contributed by atoms with van der Waals surface area (Å²) in [5, 5.41) is 2.97. The fraction of sp³-hybridized carbons (Fsp3) is 0.286. The normalized spacial score (nSPS) is 12.6. The summed E-state index contributed by atoms with van der Waals surface area (Å²) in [7, 11) is 1.46. The highest BCUT2D eigenvalue weighted by atomic mass is 35.5. The zero-order valence-electron chi connectivity index (χ0n) is 16.2. The average molecular weight is 435 g/mol. The zero-order valence-corrected chi connectivity index (χ0v) is 17.0. The van der Waals surface area contributed by atoms with E-state index in [-0.39, 0.29) is 29.6 Å². The SMILES string of the molecule is CN(Cc1c(F)cccc1Cl)C(=O)COC(=O)COc1ccc2c(c1)CCC(=O)N2. The van der Waals surface area contributed by atoms with E-state index in [2.05, 4.69) is 5.32 Å². The summed E-state index contributed by atoms with van der Waals surface area (Å²) >= 11 is 5.96. The molecule has 2 aromatic rings. The van der Waals surface area contributed by atoms with Crippen LogP contribution in [0.2, 0.25) is 5.02 Å². The molecule has 0 atom stereocenters. The number of hydrogen-bond acceptors (Lipinski definition) is 5. The molecule has 0 aromatic heterocycles. The first-order chi connectivity index (χ1) is 14.3. The molecule has 1 aliphatic heterocycles. The van der Waals surface area contributed by atoms with E-state index in [1.54, 1.807) is 18.2 Å². The summed E-state index contributed by atoms with van der Waals surface area (Å²) in [5.74, 6) is -1.32. The van der Waals surface area contributed by atoms with E-state index in [0.29, 0.717) is 18.6 Å². The second-order valence-electron chi connectivity index (χ2n) is 6.77. The lowest BCUT2D eigenvalue weighted by atomic mass is 10.0. The molecule has 0 saturated heterocycles. The Bertz CT molecular complexity index is 962. The van der Waals surface area contributed by atoms with Crippen LogP contribution in [0.4, 0.5) is 10.1 Å². The van der Waals surface area contributed by atoms with E-state index in [1.165, 1.54) is 30.1 Å². The number of anilines is 1.